The first-order valence-electron chi connectivity index (χ1n) is 31.9. The number of urea groups is 1. The number of unbranched alkanes of at least 4 members (excludes halogenated alkanes) is 2. The number of phosphoric ester groups is 1. The van der Waals surface area contributed by atoms with Gasteiger partial charge in [0.2, 0.25) is 65.0 Å². The quantitative estimate of drug-likeness (QED) is 0.0172. The summed E-state index contributed by atoms with van der Waals surface area (Å²) in [5, 5.41) is 29.7. The monoisotopic (exact) mass is 1390 g/mol. The first-order valence-corrected chi connectivity index (χ1v) is 35.4. The first-order chi connectivity index (χ1) is 45.6. The number of primary amides is 2. The fourth-order valence-corrected chi connectivity index (χ4v) is 14.8. The summed E-state index contributed by atoms with van der Waals surface area (Å²) >= 11 is 3.19. The fraction of sp³-hybridized carbons (Fsp3) is 0.500. The third-order valence-corrected chi connectivity index (χ3v) is 19.9. The third-order valence-electron chi connectivity index (χ3n) is 16.8. The Hall–Kier alpha value is -8.48. The van der Waals surface area contributed by atoms with Crippen LogP contribution in [0.15, 0.2) is 84.2 Å². The minimum absolute atomic E-state index is 0.0120. The van der Waals surface area contributed by atoms with Gasteiger partial charge in [0, 0.05) is 61.4 Å². The lowest BCUT2D eigenvalue weighted by atomic mass is 9.99. The van der Waals surface area contributed by atoms with Crippen LogP contribution in [0.5, 0.6) is 0 Å². The van der Waals surface area contributed by atoms with Crippen LogP contribution in [0, 0.1) is 0 Å². The van der Waals surface area contributed by atoms with Crippen LogP contribution in [0.2, 0.25) is 0 Å². The Bertz CT molecular complexity index is 3510. The van der Waals surface area contributed by atoms with E-state index in [1.807, 2.05) is 60.3 Å². The number of thioether (sulfide) groups is 1. The van der Waals surface area contributed by atoms with Crippen LogP contribution >= 0.6 is 30.9 Å². The standard InChI is InChI=1S/C64H86N13O16PS2/c1-35(69-59(84)45(70-38(4)78)18-12-13-29-67-53(80)22-11-10-21-51-55-48(34-96-51)74-64(89)76-55)57(82)68-36(2)58(83)72-46(31-39-23-25-41(26-24-39)40-15-6-5-7-16-40)61(86)75-54(37(3)93-94(90,91)92)63(88)77-30-14-19-49(77)62(87)73-47(32-42-33-95-50-20-9-8-17-43(42)50)60(85)71-44(56(66)81)27-28-52(65)79/h5-9,15-17,20,23-26,33,35-37,44-49,51,54-55H,10-14,18-19,21-22,27-32,34H2,1-4H3,(H2,65,79)(H2,66,81)(H,67,80)(H,68,82)(H,69,84)(H,70,78)(H,71,85)(H,72,83)(H,73,87)(H,75,86)(H2,74,76,89)(H2,90,91,92)/t35-,36-,37+,44-,45-,46-,47-,48-,49-,51-,54-,55-/m0/s1. The maximum Gasteiger partial charge on any atom is 0.469 e. The van der Waals surface area contributed by atoms with Gasteiger partial charge in [-0.2, -0.15) is 11.8 Å². The molecule has 3 aliphatic rings. The van der Waals surface area contributed by atoms with E-state index in [1.54, 1.807) is 35.7 Å². The Labute approximate surface area is 563 Å². The van der Waals surface area contributed by atoms with E-state index in [0.717, 1.165) is 51.6 Å². The molecule has 3 aromatic carbocycles. The third kappa shape index (κ3) is 22.3. The van der Waals surface area contributed by atoms with Crippen molar-refractivity contribution >= 4 is 112 Å². The van der Waals surface area contributed by atoms with Crippen LogP contribution in [0.25, 0.3) is 21.2 Å². The second kappa shape index (κ2) is 35.5. The van der Waals surface area contributed by atoms with E-state index < -0.39 is 121 Å². The highest BCUT2D eigenvalue weighted by atomic mass is 32.2. The van der Waals surface area contributed by atoms with Gasteiger partial charge in [-0.3, -0.25) is 57.3 Å². The summed E-state index contributed by atoms with van der Waals surface area (Å²) in [6.45, 7) is 5.19. The molecule has 1 aromatic heterocycles. The number of thiophene rings is 1. The van der Waals surface area contributed by atoms with Crippen LogP contribution in [0.3, 0.4) is 0 Å². The first kappa shape index (κ1) is 74.9. The zero-order valence-electron chi connectivity index (χ0n) is 53.8. The Morgan fingerprint density at radius 2 is 1.32 bits per heavy atom. The number of carbonyl (C=O) groups excluding carboxylic acids is 12. The van der Waals surface area contributed by atoms with E-state index in [2.05, 4.69) is 53.2 Å². The number of amides is 13. The fourth-order valence-electron chi connectivity index (χ4n) is 11.7. The molecular formula is C64H86N13O16PS2. The van der Waals surface area contributed by atoms with E-state index >= 15 is 0 Å². The van der Waals surface area contributed by atoms with E-state index in [0.29, 0.717) is 48.6 Å². The molecular weight excluding hydrogens is 1300 g/mol. The number of carbonyl (C=O) groups is 12. The summed E-state index contributed by atoms with van der Waals surface area (Å²) in [6, 6.07) is 12.2. The summed E-state index contributed by atoms with van der Waals surface area (Å²) < 4.78 is 18.3. The maximum atomic E-state index is 14.9. The highest BCUT2D eigenvalue weighted by Gasteiger charge is 2.45. The predicted molar refractivity (Wildman–Crippen MR) is 357 cm³/mol. The summed E-state index contributed by atoms with van der Waals surface area (Å²) in [5.74, 6) is -7.79. The molecule has 96 heavy (non-hydrogen) atoms. The Balaban J connectivity index is 1.00. The van der Waals surface area contributed by atoms with Crippen molar-refractivity contribution in [1.82, 2.24) is 58.1 Å². The largest absolute Gasteiger partial charge is 0.469 e. The molecule has 4 aromatic rings. The van der Waals surface area contributed by atoms with Crippen molar-refractivity contribution in [3.8, 4) is 11.1 Å². The molecule has 32 heteroatoms. The molecule has 0 saturated carbocycles. The molecule has 0 radical (unpaired) electrons. The number of nitrogens with zero attached hydrogens (tertiary/aromatic N) is 1. The molecule has 12 atom stereocenters. The van der Waals surface area contributed by atoms with Crippen molar-refractivity contribution in [1.29, 1.82) is 0 Å². The van der Waals surface area contributed by atoms with Gasteiger partial charge in [0.05, 0.1) is 18.2 Å². The number of likely N-dealkylation sites (tertiary alicyclic amines) is 1. The number of rotatable bonds is 36. The van der Waals surface area contributed by atoms with Crippen LogP contribution < -0.4 is 64.6 Å². The Kier molecular flexibility index (Phi) is 27.7. The van der Waals surface area contributed by atoms with Gasteiger partial charge in [0.1, 0.15) is 48.3 Å². The zero-order chi connectivity index (χ0) is 69.8. The number of hydrogen-bond acceptors (Lipinski definition) is 16. The van der Waals surface area contributed by atoms with Crippen molar-refractivity contribution in [2.45, 2.75) is 183 Å². The number of nitrogens with two attached hydrogens (primary N) is 2. The van der Waals surface area contributed by atoms with Gasteiger partial charge < -0.3 is 79.3 Å². The van der Waals surface area contributed by atoms with Crippen molar-refractivity contribution < 1.29 is 76.4 Å². The molecule has 520 valence electrons. The van der Waals surface area contributed by atoms with Gasteiger partial charge >= 0.3 is 13.9 Å². The molecule has 7 rings (SSSR count). The number of hydrogen-bond donors (Lipinski definition) is 14. The van der Waals surface area contributed by atoms with Gasteiger partial charge in [-0.25, -0.2) is 9.36 Å². The number of benzene rings is 3. The minimum atomic E-state index is -5.42. The summed E-state index contributed by atoms with van der Waals surface area (Å²) in [5.41, 5.74) is 13.7. The van der Waals surface area contributed by atoms with Crippen molar-refractivity contribution in [3.63, 3.8) is 0 Å². The second-order valence-electron chi connectivity index (χ2n) is 24.2. The molecule has 16 N–H and O–H groups in total. The van der Waals surface area contributed by atoms with Gasteiger partial charge in [-0.15, -0.1) is 11.3 Å². The lowest BCUT2D eigenvalue weighted by molar-refractivity contribution is -0.144. The van der Waals surface area contributed by atoms with E-state index in [-0.39, 0.29) is 75.5 Å². The highest BCUT2D eigenvalue weighted by molar-refractivity contribution is 8.00. The SMILES string of the molecule is CC(=O)N[C@@H](CCCCNC(=O)CCCC[C@@H]1SC[C@@H]2NC(=O)N[C@@H]21)C(=O)N[C@@H](C)C(=O)N[C@@H](C)C(=O)N[C@@H](Cc1ccc(-c2ccccc2)cc1)C(=O)N[C@H](C(=O)N1CCC[C@H]1C(=O)N[C@@H](Cc1csc2ccccc12)C(=O)N[C@@H](CCC(N)=O)C(N)=O)[C@@H](C)OP(=O)(O)O. The molecule has 29 nitrogen and oxygen atoms in total. The zero-order valence-corrected chi connectivity index (χ0v) is 56.3. The van der Waals surface area contributed by atoms with Gasteiger partial charge in [-0.1, -0.05) is 79.2 Å². The predicted octanol–water partition coefficient (Wildman–Crippen LogP) is 1.06. The van der Waals surface area contributed by atoms with Crippen LogP contribution in [0.4, 0.5) is 4.79 Å². The molecule has 0 bridgehead atoms. The lowest BCUT2D eigenvalue weighted by Gasteiger charge is -2.33. The molecule has 3 aliphatic heterocycles. The van der Waals surface area contributed by atoms with Gasteiger partial charge in [0.25, 0.3) is 0 Å². The van der Waals surface area contributed by atoms with E-state index in [4.69, 9.17) is 16.0 Å². The number of fused-ring (bicyclic) bond motifs is 2. The highest BCUT2D eigenvalue weighted by Crippen LogP contribution is 2.39. The molecule has 13 amide bonds. The summed E-state index contributed by atoms with van der Waals surface area (Å²) in [6.07, 6.45) is 1.24. The molecule has 4 heterocycles. The average Bonchev–Trinajstić information content (AvgIpc) is 1.60. The van der Waals surface area contributed by atoms with Gasteiger partial charge in [-0.05, 0) is 111 Å². The van der Waals surface area contributed by atoms with E-state index in [1.165, 1.54) is 32.1 Å². The molecule has 0 unspecified atom stereocenters. The smallest absolute Gasteiger partial charge is 0.370 e. The van der Waals surface area contributed by atoms with Gasteiger partial charge in [0.15, 0.2) is 0 Å². The van der Waals surface area contributed by atoms with Crippen molar-refractivity contribution in [3.05, 3.63) is 95.4 Å². The lowest BCUT2D eigenvalue weighted by Crippen LogP contribution is -2.62. The average molecular weight is 1390 g/mol. The minimum Gasteiger partial charge on any atom is -0.370 e. The molecule has 0 aliphatic carbocycles. The van der Waals surface area contributed by atoms with Crippen molar-refractivity contribution in [2.75, 3.05) is 18.8 Å². The van der Waals surface area contributed by atoms with Crippen molar-refractivity contribution in [2.24, 2.45) is 11.5 Å². The normalized spacial score (nSPS) is 19.1. The second-order valence-corrected chi connectivity index (χ2v) is 27.6. The summed E-state index contributed by atoms with van der Waals surface area (Å²) in [7, 11) is -5.42. The molecule has 3 fully saturated rings. The van der Waals surface area contributed by atoms with E-state index in [9.17, 15) is 71.9 Å². The Morgan fingerprint density at radius 1 is 0.688 bits per heavy atom. The maximum absolute atomic E-state index is 14.9. The number of nitrogens with one attached hydrogen (secondary N) is 10. The topological polar surface area (TPSA) is 447 Å². The van der Waals surface area contributed by atoms with Crippen LogP contribution in [0.1, 0.15) is 109 Å². The summed E-state index contributed by atoms with van der Waals surface area (Å²) in [4.78, 5) is 182. The van der Waals surface area contributed by atoms with Crippen LogP contribution in [-0.2, 0) is 74.7 Å². The molecule has 3 saturated heterocycles. The molecule has 0 spiro atoms. The number of phosphoric acid groups is 1. The Morgan fingerprint density at radius 3 is 2.01 bits per heavy atom. The van der Waals surface area contributed by atoms with Crippen LogP contribution in [-0.4, -0.2) is 176 Å².